The van der Waals surface area contributed by atoms with Crippen LogP contribution < -0.4 is 9.47 Å². The zero-order valence-corrected chi connectivity index (χ0v) is 18.9. The molecule has 6 nitrogen and oxygen atoms in total. The van der Waals surface area contributed by atoms with Crippen molar-refractivity contribution in [3.8, 4) is 28.3 Å². The highest BCUT2D eigenvalue weighted by Crippen LogP contribution is 2.37. The van der Waals surface area contributed by atoms with Crippen molar-refractivity contribution in [3.63, 3.8) is 0 Å². The number of hydrogen-bond donors (Lipinski definition) is 1. The van der Waals surface area contributed by atoms with E-state index in [4.69, 9.17) is 14.2 Å². The third kappa shape index (κ3) is 5.14. The molecule has 0 aliphatic carbocycles. The van der Waals surface area contributed by atoms with Gasteiger partial charge in [-0.05, 0) is 53.1 Å². The third-order valence-electron chi connectivity index (χ3n) is 5.66. The topological polar surface area (TPSA) is 65.5 Å². The molecule has 4 aromatic rings. The molecule has 9 heteroatoms. The standard InChI is InChI=1S/C27H21F3N2O4/c28-27(29,30)23-4-2-1-3-22(23)19-7-9-21(10-8-19)32-16-20(31-32)13-14-34-26(33)12-6-18-5-11-24-25(15-18)36-17-35-24/h1-12,15-16,31H,13-14,17H2/b12-6+. The Kier molecular flexibility index (Phi) is 6.28. The molecule has 0 saturated carbocycles. The Labute approximate surface area is 204 Å². The fourth-order valence-corrected chi connectivity index (χ4v) is 3.84. The normalized spacial score (nSPS) is 12.9. The van der Waals surface area contributed by atoms with Crippen LogP contribution in [0.4, 0.5) is 13.2 Å². The van der Waals surface area contributed by atoms with E-state index in [-0.39, 0.29) is 19.0 Å². The summed E-state index contributed by atoms with van der Waals surface area (Å²) in [6.45, 7) is 0.387. The van der Waals surface area contributed by atoms with Crippen LogP contribution in [0, 0.1) is 0 Å². The molecule has 0 atom stereocenters. The summed E-state index contributed by atoms with van der Waals surface area (Å²) in [5.41, 5.74) is 2.39. The Morgan fingerprint density at radius 2 is 1.78 bits per heavy atom. The average molecular weight is 494 g/mol. The quantitative estimate of drug-likeness (QED) is 0.252. The van der Waals surface area contributed by atoms with Crippen molar-refractivity contribution < 1.29 is 32.2 Å². The molecule has 1 aliphatic heterocycles. The number of halogens is 3. The van der Waals surface area contributed by atoms with Gasteiger partial charge in [0.25, 0.3) is 0 Å². The molecule has 5 rings (SSSR count). The van der Waals surface area contributed by atoms with Crippen molar-refractivity contribution in [2.45, 2.75) is 12.6 Å². The van der Waals surface area contributed by atoms with Gasteiger partial charge in [0.05, 0.1) is 23.6 Å². The summed E-state index contributed by atoms with van der Waals surface area (Å²) in [5.74, 6) is 0.853. The lowest BCUT2D eigenvalue weighted by molar-refractivity contribution is -0.138. The number of rotatable bonds is 7. The number of carbonyl (C=O) groups is 1. The first-order chi connectivity index (χ1) is 17.4. The average Bonchev–Trinajstić information content (AvgIpc) is 3.32. The predicted octanol–water partition coefficient (Wildman–Crippen LogP) is 6.02. The Morgan fingerprint density at radius 3 is 2.56 bits per heavy atom. The van der Waals surface area contributed by atoms with Crippen molar-refractivity contribution in [2.75, 3.05) is 13.4 Å². The summed E-state index contributed by atoms with van der Waals surface area (Å²) in [4.78, 5) is 12.0. The molecule has 184 valence electrons. The second-order valence-electron chi connectivity index (χ2n) is 8.09. The van der Waals surface area contributed by atoms with Gasteiger partial charge in [-0.15, -0.1) is 0 Å². The summed E-state index contributed by atoms with van der Waals surface area (Å²) < 4.78 is 57.4. The van der Waals surface area contributed by atoms with E-state index >= 15 is 0 Å². The van der Waals surface area contributed by atoms with Crippen LogP contribution >= 0.6 is 0 Å². The van der Waals surface area contributed by atoms with Gasteiger partial charge in [0, 0.05) is 18.7 Å². The number of carbonyl (C=O) groups excluding carboxylic acids is 1. The molecule has 0 unspecified atom stereocenters. The number of aromatic nitrogens is 2. The molecule has 1 N–H and O–H groups in total. The maximum atomic E-state index is 13.3. The van der Waals surface area contributed by atoms with E-state index in [0.717, 1.165) is 23.0 Å². The first-order valence-electron chi connectivity index (χ1n) is 11.1. The highest BCUT2D eigenvalue weighted by molar-refractivity contribution is 5.87. The molecule has 0 radical (unpaired) electrons. The maximum absolute atomic E-state index is 13.3. The van der Waals surface area contributed by atoms with Crippen LogP contribution in [0.1, 0.15) is 16.8 Å². The second kappa shape index (κ2) is 9.69. The molecule has 0 spiro atoms. The van der Waals surface area contributed by atoms with E-state index in [9.17, 15) is 18.0 Å². The Hall–Kier alpha value is -4.40. The molecular formula is C27H21F3N2O4. The van der Waals surface area contributed by atoms with Gasteiger partial charge in [0.15, 0.2) is 11.5 Å². The van der Waals surface area contributed by atoms with Crippen molar-refractivity contribution in [3.05, 3.63) is 95.8 Å². The van der Waals surface area contributed by atoms with Crippen molar-refractivity contribution in [2.24, 2.45) is 0 Å². The number of nitrogens with one attached hydrogen (secondary N) is 1. The van der Waals surface area contributed by atoms with Gasteiger partial charge in [0.1, 0.15) is 0 Å². The minimum Gasteiger partial charge on any atom is -0.462 e. The van der Waals surface area contributed by atoms with Crippen LogP contribution in [-0.2, 0) is 22.1 Å². The molecule has 1 aromatic heterocycles. The smallest absolute Gasteiger partial charge is 0.417 e. The number of benzene rings is 3. The molecule has 0 amide bonds. The van der Waals surface area contributed by atoms with Gasteiger partial charge >= 0.3 is 12.1 Å². The summed E-state index contributed by atoms with van der Waals surface area (Å²) in [5, 5.41) is 3.13. The van der Waals surface area contributed by atoms with Crippen LogP contribution in [0.15, 0.2) is 79.0 Å². The number of alkyl halides is 3. The molecule has 0 fully saturated rings. The Bertz CT molecular complexity index is 1390. The molecule has 36 heavy (non-hydrogen) atoms. The minimum absolute atomic E-state index is 0.138. The summed E-state index contributed by atoms with van der Waals surface area (Å²) in [6.07, 6.45) is 0.914. The number of H-pyrrole nitrogens is 1. The fraction of sp³-hybridized carbons (Fsp3) is 0.148. The van der Waals surface area contributed by atoms with Crippen molar-refractivity contribution in [1.82, 2.24) is 9.78 Å². The van der Waals surface area contributed by atoms with Gasteiger partial charge in [-0.25, -0.2) is 4.79 Å². The van der Waals surface area contributed by atoms with E-state index in [2.05, 4.69) is 5.10 Å². The van der Waals surface area contributed by atoms with Crippen molar-refractivity contribution >= 4 is 12.0 Å². The zero-order chi connectivity index (χ0) is 25.1. The van der Waals surface area contributed by atoms with Gasteiger partial charge in [-0.3, -0.25) is 9.78 Å². The number of aromatic amines is 1. The van der Waals surface area contributed by atoms with Gasteiger partial charge in [-0.1, -0.05) is 36.4 Å². The molecular weight excluding hydrogens is 473 g/mol. The summed E-state index contributed by atoms with van der Waals surface area (Å²) in [7, 11) is 0. The predicted molar refractivity (Wildman–Crippen MR) is 127 cm³/mol. The SMILES string of the molecule is O=C(/C=C/c1ccc2c(c1)OCO2)OCCc1cn(-c2ccc(-c3ccccc3C(F)(F)F)cc2)[nH]1. The largest absolute Gasteiger partial charge is 0.462 e. The Morgan fingerprint density at radius 1 is 1.03 bits per heavy atom. The van der Waals surface area contributed by atoms with Crippen molar-refractivity contribution in [1.29, 1.82) is 0 Å². The number of esters is 1. The highest BCUT2D eigenvalue weighted by Gasteiger charge is 2.33. The van der Waals surface area contributed by atoms with Crippen LogP contribution in [0.3, 0.4) is 0 Å². The lowest BCUT2D eigenvalue weighted by atomic mass is 9.99. The van der Waals surface area contributed by atoms with E-state index in [1.807, 2.05) is 12.3 Å². The lowest BCUT2D eigenvalue weighted by Crippen LogP contribution is -2.14. The molecule has 1 aliphatic rings. The maximum Gasteiger partial charge on any atom is 0.417 e. The fourth-order valence-electron chi connectivity index (χ4n) is 3.84. The van der Waals surface area contributed by atoms with Crippen LogP contribution in [0.25, 0.3) is 22.9 Å². The number of fused-ring (bicyclic) bond motifs is 1. The van der Waals surface area contributed by atoms with Gasteiger partial charge in [0.2, 0.25) is 6.79 Å². The number of hydrogen-bond acceptors (Lipinski definition) is 4. The third-order valence-corrected chi connectivity index (χ3v) is 5.66. The number of nitrogens with zero attached hydrogens (tertiary/aromatic N) is 1. The van der Waals surface area contributed by atoms with Gasteiger partial charge in [-0.2, -0.15) is 13.2 Å². The second-order valence-corrected chi connectivity index (χ2v) is 8.09. The minimum atomic E-state index is -4.42. The van der Waals surface area contributed by atoms with E-state index in [0.29, 0.717) is 23.5 Å². The van der Waals surface area contributed by atoms with E-state index in [1.165, 1.54) is 18.2 Å². The summed E-state index contributed by atoms with van der Waals surface area (Å²) >= 11 is 0. The van der Waals surface area contributed by atoms with Crippen LogP contribution in [-0.4, -0.2) is 29.1 Å². The first kappa shape index (κ1) is 23.3. The number of ether oxygens (including phenoxy) is 3. The van der Waals surface area contributed by atoms with E-state index in [1.54, 1.807) is 53.2 Å². The lowest BCUT2D eigenvalue weighted by Gasteiger charge is -2.17. The Balaban J connectivity index is 1.12. The van der Waals surface area contributed by atoms with Crippen LogP contribution in [0.2, 0.25) is 0 Å². The molecule has 2 heterocycles. The zero-order valence-electron chi connectivity index (χ0n) is 18.9. The first-order valence-corrected chi connectivity index (χ1v) is 11.1. The molecule has 3 aromatic carbocycles. The van der Waals surface area contributed by atoms with Crippen LogP contribution in [0.5, 0.6) is 11.5 Å². The van der Waals surface area contributed by atoms with E-state index < -0.39 is 17.7 Å². The highest BCUT2D eigenvalue weighted by atomic mass is 19.4. The molecule has 0 saturated heterocycles. The monoisotopic (exact) mass is 494 g/mol. The summed E-state index contributed by atoms with van der Waals surface area (Å²) in [6, 6.07) is 17.7. The molecule has 0 bridgehead atoms. The van der Waals surface area contributed by atoms with Gasteiger partial charge < -0.3 is 14.2 Å².